The number of thiocarbonyl (C=S) groups is 1. The summed E-state index contributed by atoms with van der Waals surface area (Å²) < 4.78 is 0. The van der Waals surface area contributed by atoms with Crippen LogP contribution in [0, 0.1) is 0 Å². The van der Waals surface area contributed by atoms with Gasteiger partial charge >= 0.3 is 0 Å². The maximum atomic E-state index is 5.39. The van der Waals surface area contributed by atoms with E-state index < -0.39 is 0 Å². The molecule has 7 heteroatoms. The standard InChI is InChI=1S/C17H15N5S2/c23-16(20-14-8-12(14)13-5-1-2-7-19-13)22-17-21-15(10-24-17)11-4-3-6-18-9-11/h1-7,9-10,12,14H,8H2,(H2,20,21,22,23). The smallest absolute Gasteiger partial charge is 0.189 e. The molecule has 0 saturated heterocycles. The molecular formula is C17H15N5S2. The van der Waals surface area contributed by atoms with E-state index in [1.54, 1.807) is 12.4 Å². The van der Waals surface area contributed by atoms with Gasteiger partial charge in [-0.05, 0) is 42.9 Å². The van der Waals surface area contributed by atoms with Gasteiger partial charge in [0.1, 0.15) is 0 Å². The lowest BCUT2D eigenvalue weighted by atomic mass is 10.2. The molecule has 0 aliphatic heterocycles. The summed E-state index contributed by atoms with van der Waals surface area (Å²) in [5.74, 6) is 0.438. The number of pyridine rings is 2. The van der Waals surface area contributed by atoms with Crippen molar-refractivity contribution in [2.75, 3.05) is 5.32 Å². The second-order valence-corrected chi connectivity index (χ2v) is 6.85. The van der Waals surface area contributed by atoms with Crippen molar-refractivity contribution in [3.05, 3.63) is 60.0 Å². The lowest BCUT2D eigenvalue weighted by Crippen LogP contribution is -2.31. The van der Waals surface area contributed by atoms with Gasteiger partial charge in [-0.2, -0.15) is 0 Å². The van der Waals surface area contributed by atoms with Gasteiger partial charge in [-0.1, -0.05) is 6.07 Å². The summed E-state index contributed by atoms with van der Waals surface area (Å²) in [6.07, 6.45) is 6.44. The summed E-state index contributed by atoms with van der Waals surface area (Å²) in [4.78, 5) is 13.1. The van der Waals surface area contributed by atoms with Crippen LogP contribution in [-0.4, -0.2) is 26.1 Å². The highest BCUT2D eigenvalue weighted by Gasteiger charge is 2.39. The first-order valence-corrected chi connectivity index (χ1v) is 8.93. The van der Waals surface area contributed by atoms with Crippen molar-refractivity contribution in [1.29, 1.82) is 0 Å². The third-order valence-electron chi connectivity index (χ3n) is 3.86. The van der Waals surface area contributed by atoms with Crippen LogP contribution in [0.4, 0.5) is 5.13 Å². The van der Waals surface area contributed by atoms with Gasteiger partial charge in [0.25, 0.3) is 0 Å². The highest BCUT2D eigenvalue weighted by atomic mass is 32.1. The zero-order valence-electron chi connectivity index (χ0n) is 12.7. The Morgan fingerprint density at radius 2 is 2.17 bits per heavy atom. The molecule has 1 aliphatic carbocycles. The molecule has 3 aromatic heterocycles. The number of nitrogens with zero attached hydrogens (tertiary/aromatic N) is 3. The van der Waals surface area contributed by atoms with Gasteiger partial charge in [-0.15, -0.1) is 11.3 Å². The van der Waals surface area contributed by atoms with Gasteiger partial charge in [0.05, 0.1) is 5.69 Å². The van der Waals surface area contributed by atoms with E-state index in [0.717, 1.165) is 28.5 Å². The first-order valence-electron chi connectivity index (χ1n) is 7.64. The maximum absolute atomic E-state index is 5.39. The van der Waals surface area contributed by atoms with Crippen LogP contribution in [0.5, 0.6) is 0 Å². The summed E-state index contributed by atoms with van der Waals surface area (Å²) in [5.41, 5.74) is 3.01. The van der Waals surface area contributed by atoms with E-state index in [1.807, 2.05) is 35.8 Å². The van der Waals surface area contributed by atoms with E-state index in [0.29, 0.717) is 17.1 Å². The van der Waals surface area contributed by atoms with Gasteiger partial charge in [0.2, 0.25) is 0 Å². The van der Waals surface area contributed by atoms with Crippen LogP contribution in [-0.2, 0) is 0 Å². The Labute approximate surface area is 149 Å². The fourth-order valence-corrected chi connectivity index (χ4v) is 3.59. The van der Waals surface area contributed by atoms with Gasteiger partial charge < -0.3 is 10.6 Å². The van der Waals surface area contributed by atoms with Crippen LogP contribution in [0.25, 0.3) is 11.3 Å². The minimum absolute atomic E-state index is 0.345. The third kappa shape index (κ3) is 3.42. The summed E-state index contributed by atoms with van der Waals surface area (Å²) in [6.45, 7) is 0. The number of hydrogen-bond acceptors (Lipinski definition) is 5. The number of anilines is 1. The monoisotopic (exact) mass is 353 g/mol. The Balaban J connectivity index is 1.34. The quantitative estimate of drug-likeness (QED) is 0.701. The number of aromatic nitrogens is 3. The summed E-state index contributed by atoms with van der Waals surface area (Å²) in [5, 5.41) is 9.87. The zero-order valence-corrected chi connectivity index (χ0v) is 14.3. The van der Waals surface area contributed by atoms with Crippen molar-refractivity contribution < 1.29 is 0 Å². The van der Waals surface area contributed by atoms with E-state index in [1.165, 1.54) is 11.3 Å². The Morgan fingerprint density at radius 3 is 2.96 bits per heavy atom. The van der Waals surface area contributed by atoms with Crippen molar-refractivity contribution in [1.82, 2.24) is 20.3 Å². The molecule has 0 spiro atoms. The Hall–Kier alpha value is -2.38. The maximum Gasteiger partial charge on any atom is 0.189 e. The summed E-state index contributed by atoms with van der Waals surface area (Å²) in [6, 6.07) is 10.2. The van der Waals surface area contributed by atoms with E-state index in [2.05, 4.69) is 31.7 Å². The van der Waals surface area contributed by atoms with Crippen LogP contribution in [0.2, 0.25) is 0 Å². The van der Waals surface area contributed by atoms with E-state index in [4.69, 9.17) is 12.2 Å². The largest absolute Gasteiger partial charge is 0.359 e. The molecule has 0 bridgehead atoms. The minimum Gasteiger partial charge on any atom is -0.359 e. The molecule has 1 saturated carbocycles. The van der Waals surface area contributed by atoms with E-state index >= 15 is 0 Å². The molecule has 2 atom stereocenters. The van der Waals surface area contributed by atoms with Crippen molar-refractivity contribution in [2.24, 2.45) is 0 Å². The molecule has 4 rings (SSSR count). The van der Waals surface area contributed by atoms with Gasteiger partial charge in [0.15, 0.2) is 10.2 Å². The summed E-state index contributed by atoms with van der Waals surface area (Å²) in [7, 11) is 0. The average Bonchev–Trinajstić information content (AvgIpc) is 3.23. The predicted molar refractivity (Wildman–Crippen MR) is 100 cm³/mol. The molecule has 3 heterocycles. The SMILES string of the molecule is S=C(Nc1nc(-c2cccnc2)cs1)NC1CC1c1ccccn1. The number of nitrogens with one attached hydrogen (secondary N) is 2. The van der Waals surface area contributed by atoms with Crippen molar-refractivity contribution in [2.45, 2.75) is 18.4 Å². The molecule has 0 radical (unpaired) electrons. The number of hydrogen-bond donors (Lipinski definition) is 2. The second kappa shape index (κ2) is 6.62. The lowest BCUT2D eigenvalue weighted by Gasteiger charge is -2.07. The molecule has 1 aliphatic rings. The van der Waals surface area contributed by atoms with Crippen LogP contribution < -0.4 is 10.6 Å². The molecule has 1 fully saturated rings. The molecule has 0 amide bonds. The lowest BCUT2D eigenvalue weighted by molar-refractivity contribution is 0.859. The topological polar surface area (TPSA) is 62.7 Å². The molecule has 24 heavy (non-hydrogen) atoms. The molecule has 0 aromatic carbocycles. The minimum atomic E-state index is 0.345. The number of rotatable bonds is 4. The Kier molecular flexibility index (Phi) is 4.18. The first kappa shape index (κ1) is 15.2. The molecule has 2 N–H and O–H groups in total. The molecule has 120 valence electrons. The summed E-state index contributed by atoms with van der Waals surface area (Å²) >= 11 is 6.92. The highest BCUT2D eigenvalue weighted by molar-refractivity contribution is 7.80. The van der Waals surface area contributed by atoms with Crippen LogP contribution in [0.15, 0.2) is 54.3 Å². The number of thiazole rings is 1. The Bertz CT molecular complexity index is 834. The van der Waals surface area contributed by atoms with E-state index in [-0.39, 0.29) is 0 Å². The molecule has 5 nitrogen and oxygen atoms in total. The van der Waals surface area contributed by atoms with Crippen molar-refractivity contribution >= 4 is 33.8 Å². The van der Waals surface area contributed by atoms with Crippen LogP contribution >= 0.6 is 23.6 Å². The third-order valence-corrected chi connectivity index (χ3v) is 4.83. The van der Waals surface area contributed by atoms with Gasteiger partial charge in [0, 0.05) is 47.2 Å². The van der Waals surface area contributed by atoms with Gasteiger partial charge in [-0.25, -0.2) is 4.98 Å². The molecule has 2 unspecified atom stereocenters. The molecule has 3 aromatic rings. The average molecular weight is 353 g/mol. The van der Waals surface area contributed by atoms with Gasteiger partial charge in [-0.3, -0.25) is 9.97 Å². The normalized spacial score (nSPS) is 18.8. The molecular weight excluding hydrogens is 338 g/mol. The van der Waals surface area contributed by atoms with Crippen LogP contribution in [0.1, 0.15) is 18.0 Å². The zero-order chi connectivity index (χ0) is 16.4. The first-order chi connectivity index (χ1) is 11.8. The fraction of sp³-hybridized carbons (Fsp3) is 0.176. The second-order valence-electron chi connectivity index (χ2n) is 5.58. The Morgan fingerprint density at radius 1 is 1.21 bits per heavy atom. The van der Waals surface area contributed by atoms with Crippen LogP contribution in [0.3, 0.4) is 0 Å². The highest BCUT2D eigenvalue weighted by Crippen LogP contribution is 2.39. The van der Waals surface area contributed by atoms with E-state index in [9.17, 15) is 0 Å². The van der Waals surface area contributed by atoms with Crippen molar-refractivity contribution in [3.63, 3.8) is 0 Å². The van der Waals surface area contributed by atoms with Crippen molar-refractivity contribution in [3.8, 4) is 11.3 Å². The fourth-order valence-electron chi connectivity index (χ4n) is 2.56. The predicted octanol–water partition coefficient (Wildman–Crippen LogP) is 3.44.